The Morgan fingerprint density at radius 2 is 1.96 bits per heavy atom. The highest BCUT2D eigenvalue weighted by molar-refractivity contribution is 5.81. The predicted octanol–water partition coefficient (Wildman–Crippen LogP) is 1.82. The van der Waals surface area contributed by atoms with Crippen molar-refractivity contribution in [2.75, 3.05) is 27.3 Å². The predicted molar refractivity (Wildman–Crippen MR) is 87.2 cm³/mol. The first-order valence-electron chi connectivity index (χ1n) is 8.25. The number of rotatable bonds is 6. The summed E-state index contributed by atoms with van der Waals surface area (Å²) >= 11 is 0. The number of hydrogen-bond donors (Lipinski definition) is 1. The Morgan fingerprint density at radius 1 is 1.21 bits per heavy atom. The van der Waals surface area contributed by atoms with Crippen molar-refractivity contribution in [2.24, 2.45) is 17.8 Å². The molecule has 1 aliphatic heterocycles. The zero-order valence-corrected chi connectivity index (χ0v) is 14.0. The Labute approximate surface area is 141 Å². The molecule has 6 nitrogen and oxygen atoms in total. The number of carboxylic acid groups (broad SMARTS) is 1. The van der Waals surface area contributed by atoms with Crippen LogP contribution in [0.15, 0.2) is 18.2 Å². The highest BCUT2D eigenvalue weighted by atomic mass is 16.5. The van der Waals surface area contributed by atoms with Gasteiger partial charge in [0, 0.05) is 18.7 Å². The van der Waals surface area contributed by atoms with Crippen LogP contribution in [-0.4, -0.2) is 49.2 Å². The summed E-state index contributed by atoms with van der Waals surface area (Å²) in [4.78, 5) is 25.9. The zero-order valence-electron chi connectivity index (χ0n) is 14.0. The maximum Gasteiger partial charge on any atom is 0.308 e. The van der Waals surface area contributed by atoms with Gasteiger partial charge in [-0.1, -0.05) is 0 Å². The molecule has 2 aliphatic rings. The van der Waals surface area contributed by atoms with Gasteiger partial charge in [0.25, 0.3) is 0 Å². The Hall–Kier alpha value is -2.24. The lowest BCUT2D eigenvalue weighted by molar-refractivity contribution is -0.142. The van der Waals surface area contributed by atoms with Crippen molar-refractivity contribution in [3.05, 3.63) is 23.8 Å². The molecule has 24 heavy (non-hydrogen) atoms. The third kappa shape index (κ3) is 3.32. The van der Waals surface area contributed by atoms with Crippen LogP contribution in [0.4, 0.5) is 0 Å². The van der Waals surface area contributed by atoms with E-state index in [1.165, 1.54) is 0 Å². The van der Waals surface area contributed by atoms with Crippen molar-refractivity contribution in [3.8, 4) is 11.5 Å². The Kier molecular flexibility index (Phi) is 4.64. The molecule has 0 radical (unpaired) electrons. The molecule has 1 N–H and O–H groups in total. The SMILES string of the molecule is COc1ccc(OC)c(CC(=O)N2C[C@H](C(=O)O)[C@@H](C3CC3)C2)c1. The average molecular weight is 333 g/mol. The fraction of sp³-hybridized carbons (Fsp3) is 0.556. The fourth-order valence-electron chi connectivity index (χ4n) is 3.59. The third-order valence-electron chi connectivity index (χ3n) is 5.09. The van der Waals surface area contributed by atoms with Crippen molar-refractivity contribution in [3.63, 3.8) is 0 Å². The molecule has 1 saturated carbocycles. The van der Waals surface area contributed by atoms with Gasteiger partial charge in [-0.25, -0.2) is 0 Å². The van der Waals surface area contributed by atoms with Crippen LogP contribution in [0.3, 0.4) is 0 Å². The van der Waals surface area contributed by atoms with Crippen molar-refractivity contribution in [2.45, 2.75) is 19.3 Å². The number of methoxy groups -OCH3 is 2. The van der Waals surface area contributed by atoms with E-state index in [9.17, 15) is 14.7 Å². The fourth-order valence-corrected chi connectivity index (χ4v) is 3.59. The molecule has 0 bridgehead atoms. The smallest absolute Gasteiger partial charge is 0.308 e. The number of amides is 1. The molecule has 1 aromatic carbocycles. The standard InChI is InChI=1S/C18H23NO5/c1-23-13-5-6-16(24-2)12(7-13)8-17(20)19-9-14(11-3-4-11)15(10-19)18(21)22/h5-7,11,14-15H,3-4,8-10H2,1-2H3,(H,21,22)/t14-,15+/m1/s1. The first-order valence-corrected chi connectivity index (χ1v) is 8.25. The number of aliphatic carboxylic acids is 1. The number of hydrogen-bond acceptors (Lipinski definition) is 4. The van der Waals surface area contributed by atoms with Crippen LogP contribution in [0.2, 0.25) is 0 Å². The van der Waals surface area contributed by atoms with Gasteiger partial charge in [0.1, 0.15) is 11.5 Å². The van der Waals surface area contributed by atoms with E-state index >= 15 is 0 Å². The van der Waals surface area contributed by atoms with E-state index in [-0.39, 0.29) is 18.2 Å². The molecule has 2 atom stereocenters. The van der Waals surface area contributed by atoms with E-state index in [0.717, 1.165) is 18.4 Å². The molecule has 3 rings (SSSR count). The molecule has 130 valence electrons. The maximum absolute atomic E-state index is 12.7. The van der Waals surface area contributed by atoms with Crippen LogP contribution in [0.1, 0.15) is 18.4 Å². The summed E-state index contributed by atoms with van der Waals surface area (Å²) in [5, 5.41) is 9.43. The number of benzene rings is 1. The van der Waals surface area contributed by atoms with Gasteiger partial charge in [-0.15, -0.1) is 0 Å². The Morgan fingerprint density at radius 3 is 2.54 bits per heavy atom. The van der Waals surface area contributed by atoms with Crippen molar-refractivity contribution < 1.29 is 24.2 Å². The van der Waals surface area contributed by atoms with Crippen LogP contribution < -0.4 is 9.47 Å². The highest BCUT2D eigenvalue weighted by Crippen LogP contribution is 2.44. The van der Waals surface area contributed by atoms with Crippen LogP contribution in [0.5, 0.6) is 11.5 Å². The minimum Gasteiger partial charge on any atom is -0.497 e. The first-order chi connectivity index (χ1) is 11.5. The molecule has 1 heterocycles. The minimum atomic E-state index is -0.791. The van der Waals surface area contributed by atoms with Crippen molar-refractivity contribution in [1.82, 2.24) is 4.90 Å². The number of likely N-dealkylation sites (tertiary alicyclic amines) is 1. The minimum absolute atomic E-state index is 0.0593. The maximum atomic E-state index is 12.7. The molecule has 0 unspecified atom stereocenters. The second-order valence-electron chi connectivity index (χ2n) is 6.60. The van der Waals surface area contributed by atoms with Crippen LogP contribution in [0.25, 0.3) is 0 Å². The van der Waals surface area contributed by atoms with Crippen LogP contribution in [-0.2, 0) is 16.0 Å². The van der Waals surface area contributed by atoms with Gasteiger partial charge in [0.15, 0.2) is 0 Å². The normalized spacial score (nSPS) is 23.2. The van der Waals surface area contributed by atoms with Gasteiger partial charge in [0.2, 0.25) is 5.91 Å². The van der Waals surface area contributed by atoms with E-state index in [4.69, 9.17) is 9.47 Å². The molecule has 2 fully saturated rings. The summed E-state index contributed by atoms with van der Waals surface area (Å²) in [7, 11) is 3.14. The summed E-state index contributed by atoms with van der Waals surface area (Å²) in [6, 6.07) is 5.35. The van der Waals surface area contributed by atoms with Crippen molar-refractivity contribution in [1.29, 1.82) is 0 Å². The van der Waals surface area contributed by atoms with Gasteiger partial charge in [-0.3, -0.25) is 9.59 Å². The highest BCUT2D eigenvalue weighted by Gasteiger charge is 2.46. The molecule has 6 heteroatoms. The summed E-state index contributed by atoms with van der Waals surface area (Å²) < 4.78 is 10.5. The average Bonchev–Trinajstić information content (AvgIpc) is 3.32. The summed E-state index contributed by atoms with van der Waals surface area (Å²) in [6.07, 6.45) is 2.35. The molecule has 1 amide bonds. The van der Waals surface area contributed by atoms with Gasteiger partial charge < -0.3 is 19.5 Å². The molecule has 1 aliphatic carbocycles. The monoisotopic (exact) mass is 333 g/mol. The summed E-state index contributed by atoms with van der Waals surface area (Å²) in [6.45, 7) is 0.856. The molecular weight excluding hydrogens is 310 g/mol. The van der Waals surface area contributed by atoms with E-state index in [0.29, 0.717) is 30.5 Å². The number of carbonyl (C=O) groups excluding carboxylic acids is 1. The number of carboxylic acids is 1. The quantitative estimate of drug-likeness (QED) is 0.859. The molecule has 0 spiro atoms. The molecule has 0 aromatic heterocycles. The van der Waals surface area contributed by atoms with Gasteiger partial charge in [0.05, 0.1) is 26.6 Å². The second-order valence-corrected chi connectivity index (χ2v) is 6.60. The summed E-state index contributed by atoms with van der Waals surface area (Å²) in [5.74, 6) is 0.579. The van der Waals surface area contributed by atoms with Gasteiger partial charge >= 0.3 is 5.97 Å². The largest absolute Gasteiger partial charge is 0.497 e. The zero-order chi connectivity index (χ0) is 17.3. The lowest BCUT2D eigenvalue weighted by atomic mass is 9.92. The van der Waals surface area contributed by atoms with E-state index in [2.05, 4.69) is 0 Å². The van der Waals surface area contributed by atoms with E-state index in [1.807, 2.05) is 0 Å². The van der Waals surface area contributed by atoms with E-state index in [1.54, 1.807) is 37.3 Å². The van der Waals surface area contributed by atoms with Gasteiger partial charge in [-0.05, 0) is 42.9 Å². The van der Waals surface area contributed by atoms with E-state index < -0.39 is 11.9 Å². The second kappa shape index (κ2) is 6.71. The molecule has 1 saturated heterocycles. The lowest BCUT2D eigenvalue weighted by Crippen LogP contribution is -2.31. The third-order valence-corrected chi connectivity index (χ3v) is 5.09. The molecule has 1 aromatic rings. The topological polar surface area (TPSA) is 76.1 Å². The molecular formula is C18H23NO5. The van der Waals surface area contributed by atoms with Crippen LogP contribution >= 0.6 is 0 Å². The number of ether oxygens (including phenoxy) is 2. The van der Waals surface area contributed by atoms with Crippen LogP contribution in [0, 0.1) is 17.8 Å². The van der Waals surface area contributed by atoms with Crippen molar-refractivity contribution >= 4 is 11.9 Å². The first kappa shape index (κ1) is 16.6. The Bertz CT molecular complexity index is 640. The number of carbonyl (C=O) groups is 2. The summed E-state index contributed by atoms with van der Waals surface area (Å²) in [5.41, 5.74) is 0.753. The number of nitrogens with zero attached hydrogens (tertiary/aromatic N) is 1. The van der Waals surface area contributed by atoms with Gasteiger partial charge in [-0.2, -0.15) is 0 Å². The lowest BCUT2D eigenvalue weighted by Gasteiger charge is -2.17. The Balaban J connectivity index is 1.72.